The number of benzodiazepines with no additional fused rings is 1. The molecule has 1 amide bonds. The molecule has 0 bridgehead atoms. The number of aliphatic imine (C=N–C) groups is 1. The van der Waals surface area contributed by atoms with E-state index in [1.807, 2.05) is 25.1 Å². The zero-order chi connectivity index (χ0) is 10.1. The monoisotopic (exact) mass is 188 g/mol. The first-order valence-electron chi connectivity index (χ1n) is 4.56. The average Bonchev–Trinajstić information content (AvgIpc) is 2.29. The van der Waals surface area contributed by atoms with Crippen molar-refractivity contribution in [1.82, 2.24) is 0 Å². The van der Waals surface area contributed by atoms with E-state index in [0.29, 0.717) is 0 Å². The zero-order valence-electron chi connectivity index (χ0n) is 8.32. The molecule has 0 fully saturated rings. The second-order valence-electron chi connectivity index (χ2n) is 3.44. The number of likely N-dealkylation sites (N-methyl/N-ethyl adjacent to an activating group) is 1. The molecule has 0 atom stereocenters. The molecular formula is C11H12N2O. The van der Waals surface area contributed by atoms with Crippen LogP contribution in [0, 0.1) is 6.92 Å². The van der Waals surface area contributed by atoms with E-state index < -0.39 is 0 Å². The molecule has 1 aliphatic rings. The van der Waals surface area contributed by atoms with Crippen LogP contribution in [0.4, 0.5) is 5.69 Å². The molecule has 1 heterocycles. The summed E-state index contributed by atoms with van der Waals surface area (Å²) in [5.41, 5.74) is 3.09. The van der Waals surface area contributed by atoms with Crippen LogP contribution >= 0.6 is 0 Å². The van der Waals surface area contributed by atoms with Crippen molar-refractivity contribution in [3.8, 4) is 0 Å². The summed E-state index contributed by atoms with van der Waals surface area (Å²) >= 11 is 0. The van der Waals surface area contributed by atoms with Crippen molar-refractivity contribution in [1.29, 1.82) is 0 Å². The van der Waals surface area contributed by atoms with Gasteiger partial charge in [0.15, 0.2) is 0 Å². The second kappa shape index (κ2) is 3.25. The highest BCUT2D eigenvalue weighted by Gasteiger charge is 2.17. The average molecular weight is 188 g/mol. The van der Waals surface area contributed by atoms with Crippen molar-refractivity contribution in [2.45, 2.75) is 6.92 Å². The number of amides is 1. The summed E-state index contributed by atoms with van der Waals surface area (Å²) in [4.78, 5) is 17.3. The summed E-state index contributed by atoms with van der Waals surface area (Å²) in [5.74, 6) is 0.0364. The maximum atomic E-state index is 11.5. The molecule has 3 heteroatoms. The molecule has 14 heavy (non-hydrogen) atoms. The number of anilines is 1. The van der Waals surface area contributed by atoms with Crippen LogP contribution in [0.25, 0.3) is 0 Å². The number of benzene rings is 1. The third kappa shape index (κ3) is 1.31. The number of rotatable bonds is 0. The van der Waals surface area contributed by atoms with Crippen LogP contribution in [0.1, 0.15) is 11.1 Å². The van der Waals surface area contributed by atoms with E-state index in [4.69, 9.17) is 0 Å². The number of nitrogens with zero attached hydrogens (tertiary/aromatic N) is 2. The molecule has 0 saturated carbocycles. The van der Waals surface area contributed by atoms with E-state index in [1.54, 1.807) is 18.2 Å². The van der Waals surface area contributed by atoms with Gasteiger partial charge in [-0.25, -0.2) is 0 Å². The molecule has 72 valence electrons. The van der Waals surface area contributed by atoms with Crippen LogP contribution in [0.5, 0.6) is 0 Å². The SMILES string of the molecule is Cc1cccc2c1N(C)C(=O)CN=C2. The van der Waals surface area contributed by atoms with Crippen molar-refractivity contribution in [3.05, 3.63) is 29.3 Å². The Morgan fingerprint density at radius 1 is 1.43 bits per heavy atom. The molecule has 2 rings (SSSR count). The van der Waals surface area contributed by atoms with Gasteiger partial charge in [0.2, 0.25) is 5.91 Å². The van der Waals surface area contributed by atoms with Crippen LogP contribution in [-0.2, 0) is 4.79 Å². The Kier molecular flexibility index (Phi) is 2.08. The lowest BCUT2D eigenvalue weighted by atomic mass is 10.1. The molecule has 0 aromatic heterocycles. The standard InChI is InChI=1S/C11H12N2O/c1-8-4-3-5-9-6-12-7-10(14)13(2)11(8)9/h3-6H,7H2,1-2H3. The smallest absolute Gasteiger partial charge is 0.248 e. The Hall–Kier alpha value is -1.64. The molecule has 0 radical (unpaired) electrons. The predicted octanol–water partition coefficient (Wildman–Crippen LogP) is 1.39. The summed E-state index contributed by atoms with van der Waals surface area (Å²) in [6.45, 7) is 2.24. The minimum Gasteiger partial charge on any atom is -0.313 e. The molecule has 3 nitrogen and oxygen atoms in total. The van der Waals surface area contributed by atoms with Gasteiger partial charge in [-0.2, -0.15) is 0 Å². The van der Waals surface area contributed by atoms with Gasteiger partial charge in [0.05, 0.1) is 5.69 Å². The van der Waals surface area contributed by atoms with E-state index in [9.17, 15) is 4.79 Å². The van der Waals surface area contributed by atoms with Crippen LogP contribution in [0.3, 0.4) is 0 Å². The maximum Gasteiger partial charge on any atom is 0.248 e. The molecule has 0 N–H and O–H groups in total. The maximum absolute atomic E-state index is 11.5. The fourth-order valence-corrected chi connectivity index (χ4v) is 1.70. The highest BCUT2D eigenvalue weighted by molar-refractivity contribution is 6.03. The van der Waals surface area contributed by atoms with Gasteiger partial charge in [-0.05, 0) is 12.5 Å². The fraction of sp³-hybridized carbons (Fsp3) is 0.273. The molecule has 0 unspecified atom stereocenters. The van der Waals surface area contributed by atoms with Crippen molar-refractivity contribution in [2.75, 3.05) is 18.5 Å². The number of para-hydroxylation sites is 1. The Morgan fingerprint density at radius 2 is 2.21 bits per heavy atom. The molecule has 0 aliphatic carbocycles. The van der Waals surface area contributed by atoms with Crippen molar-refractivity contribution < 1.29 is 4.79 Å². The summed E-state index contributed by atoms with van der Waals surface area (Å²) in [5, 5.41) is 0. The zero-order valence-corrected chi connectivity index (χ0v) is 8.32. The van der Waals surface area contributed by atoms with Gasteiger partial charge in [0.25, 0.3) is 0 Å². The first-order valence-corrected chi connectivity index (χ1v) is 4.56. The Labute approximate surface area is 83.1 Å². The van der Waals surface area contributed by atoms with Crippen LogP contribution in [0.2, 0.25) is 0 Å². The van der Waals surface area contributed by atoms with E-state index >= 15 is 0 Å². The normalized spacial score (nSPS) is 15.3. The van der Waals surface area contributed by atoms with Gasteiger partial charge in [-0.15, -0.1) is 0 Å². The molecular weight excluding hydrogens is 176 g/mol. The van der Waals surface area contributed by atoms with Crippen LogP contribution < -0.4 is 4.90 Å². The second-order valence-corrected chi connectivity index (χ2v) is 3.44. The van der Waals surface area contributed by atoms with E-state index in [2.05, 4.69) is 4.99 Å². The molecule has 0 saturated heterocycles. The third-order valence-electron chi connectivity index (χ3n) is 2.44. The van der Waals surface area contributed by atoms with Crippen molar-refractivity contribution in [2.24, 2.45) is 4.99 Å². The quantitative estimate of drug-likeness (QED) is 0.605. The highest BCUT2D eigenvalue weighted by atomic mass is 16.2. The van der Waals surface area contributed by atoms with Gasteiger partial charge >= 0.3 is 0 Å². The molecule has 1 aromatic carbocycles. The summed E-state index contributed by atoms with van der Waals surface area (Å²) < 4.78 is 0. The van der Waals surface area contributed by atoms with Crippen molar-refractivity contribution >= 4 is 17.8 Å². The van der Waals surface area contributed by atoms with E-state index in [0.717, 1.165) is 16.8 Å². The Balaban J connectivity index is 2.63. The van der Waals surface area contributed by atoms with Gasteiger partial charge in [-0.3, -0.25) is 9.79 Å². The Morgan fingerprint density at radius 3 is 3.00 bits per heavy atom. The summed E-state index contributed by atoms with van der Waals surface area (Å²) in [7, 11) is 1.79. The van der Waals surface area contributed by atoms with Gasteiger partial charge in [0.1, 0.15) is 6.54 Å². The number of aryl methyl sites for hydroxylation is 1. The Bertz CT molecular complexity index is 410. The lowest BCUT2D eigenvalue weighted by Crippen LogP contribution is -2.28. The highest BCUT2D eigenvalue weighted by Crippen LogP contribution is 2.24. The summed E-state index contributed by atoms with van der Waals surface area (Å²) in [6, 6.07) is 5.95. The van der Waals surface area contributed by atoms with Gasteiger partial charge < -0.3 is 4.90 Å². The lowest BCUT2D eigenvalue weighted by molar-refractivity contribution is -0.116. The number of hydrogen-bond acceptors (Lipinski definition) is 2. The minimum absolute atomic E-state index is 0.0364. The lowest BCUT2D eigenvalue weighted by Gasteiger charge is -2.18. The fourth-order valence-electron chi connectivity index (χ4n) is 1.70. The van der Waals surface area contributed by atoms with Gasteiger partial charge in [0, 0.05) is 18.8 Å². The largest absolute Gasteiger partial charge is 0.313 e. The summed E-state index contributed by atoms with van der Waals surface area (Å²) in [6.07, 6.45) is 1.77. The van der Waals surface area contributed by atoms with Gasteiger partial charge in [-0.1, -0.05) is 18.2 Å². The number of hydrogen-bond donors (Lipinski definition) is 0. The predicted molar refractivity (Wildman–Crippen MR) is 57.1 cm³/mol. The van der Waals surface area contributed by atoms with E-state index in [-0.39, 0.29) is 12.5 Å². The number of fused-ring (bicyclic) bond motifs is 1. The number of carbonyl (C=O) groups is 1. The molecule has 1 aliphatic heterocycles. The molecule has 0 spiro atoms. The molecule has 1 aromatic rings. The van der Waals surface area contributed by atoms with Crippen LogP contribution in [-0.4, -0.2) is 25.7 Å². The van der Waals surface area contributed by atoms with E-state index in [1.165, 1.54) is 0 Å². The number of carbonyl (C=O) groups excluding carboxylic acids is 1. The first-order chi connectivity index (χ1) is 6.70. The topological polar surface area (TPSA) is 32.7 Å². The first kappa shape index (κ1) is 8.94. The minimum atomic E-state index is 0.0364. The van der Waals surface area contributed by atoms with Crippen molar-refractivity contribution in [3.63, 3.8) is 0 Å². The van der Waals surface area contributed by atoms with Crippen LogP contribution in [0.15, 0.2) is 23.2 Å². The third-order valence-corrected chi connectivity index (χ3v) is 2.44.